The van der Waals surface area contributed by atoms with E-state index in [1.54, 1.807) is 0 Å². The zero-order chi connectivity index (χ0) is 10.9. The molecule has 3 heteroatoms. The number of hydrogen-bond acceptors (Lipinski definition) is 3. The zero-order valence-electron chi connectivity index (χ0n) is 10.3. The highest BCUT2D eigenvalue weighted by molar-refractivity contribution is 7.99. The Balaban J connectivity index is 1.83. The van der Waals surface area contributed by atoms with Crippen molar-refractivity contribution in [1.29, 1.82) is 0 Å². The molecule has 1 saturated heterocycles. The maximum atomic E-state index is 3.47. The maximum absolute atomic E-state index is 3.47. The second-order valence-electron chi connectivity index (χ2n) is 4.62. The number of unbranched alkanes of at least 4 members (excludes halogenated alkanes) is 2. The molecule has 1 aliphatic heterocycles. The molecule has 2 nitrogen and oxygen atoms in total. The highest BCUT2D eigenvalue weighted by Crippen LogP contribution is 2.09. The van der Waals surface area contributed by atoms with Crippen molar-refractivity contribution < 1.29 is 0 Å². The largest absolute Gasteiger partial charge is 0.315 e. The molecule has 0 bridgehead atoms. The van der Waals surface area contributed by atoms with E-state index in [9.17, 15) is 0 Å². The summed E-state index contributed by atoms with van der Waals surface area (Å²) in [5, 5.41) is 3.47. The molecule has 0 radical (unpaired) electrons. The summed E-state index contributed by atoms with van der Waals surface area (Å²) in [6.07, 6.45) is 4.09. The third-order valence-corrected chi connectivity index (χ3v) is 3.75. The van der Waals surface area contributed by atoms with Gasteiger partial charge in [-0.05, 0) is 25.9 Å². The summed E-state index contributed by atoms with van der Waals surface area (Å²) >= 11 is 2.10. The van der Waals surface area contributed by atoms with Crippen molar-refractivity contribution in [2.45, 2.75) is 39.2 Å². The van der Waals surface area contributed by atoms with Crippen LogP contribution in [-0.2, 0) is 0 Å². The molecule has 0 aromatic rings. The molecule has 0 aromatic heterocycles. The lowest BCUT2D eigenvalue weighted by Crippen LogP contribution is -2.33. The van der Waals surface area contributed by atoms with Crippen LogP contribution in [0.2, 0.25) is 0 Å². The summed E-state index contributed by atoms with van der Waals surface area (Å²) in [7, 11) is 0. The topological polar surface area (TPSA) is 15.3 Å². The van der Waals surface area contributed by atoms with E-state index in [0.717, 1.165) is 0 Å². The standard InChI is InChI=1S/C12H26N2S/c1-12(2)13-6-4-3-5-7-14-8-10-15-11-9-14/h12-13H,3-11H2,1-2H3. The SMILES string of the molecule is CC(C)NCCCCCN1CCSCC1. The van der Waals surface area contributed by atoms with Gasteiger partial charge in [-0.3, -0.25) is 0 Å². The van der Waals surface area contributed by atoms with Gasteiger partial charge in [0.2, 0.25) is 0 Å². The van der Waals surface area contributed by atoms with Gasteiger partial charge in [0.25, 0.3) is 0 Å². The van der Waals surface area contributed by atoms with Crippen molar-refractivity contribution in [1.82, 2.24) is 10.2 Å². The van der Waals surface area contributed by atoms with Gasteiger partial charge in [-0.15, -0.1) is 0 Å². The molecule has 0 aliphatic carbocycles. The van der Waals surface area contributed by atoms with E-state index in [1.807, 2.05) is 0 Å². The average Bonchev–Trinajstić information content (AvgIpc) is 2.24. The van der Waals surface area contributed by atoms with E-state index in [1.165, 1.54) is 56.9 Å². The van der Waals surface area contributed by atoms with Crippen molar-refractivity contribution >= 4 is 11.8 Å². The van der Waals surface area contributed by atoms with Crippen LogP contribution in [0.25, 0.3) is 0 Å². The van der Waals surface area contributed by atoms with Crippen LogP contribution < -0.4 is 5.32 Å². The van der Waals surface area contributed by atoms with Gasteiger partial charge in [-0.1, -0.05) is 20.3 Å². The van der Waals surface area contributed by atoms with Crippen LogP contribution >= 0.6 is 11.8 Å². The van der Waals surface area contributed by atoms with Crippen LogP contribution in [0.3, 0.4) is 0 Å². The van der Waals surface area contributed by atoms with Gasteiger partial charge in [-0.2, -0.15) is 11.8 Å². The summed E-state index contributed by atoms with van der Waals surface area (Å²) in [5.74, 6) is 2.68. The lowest BCUT2D eigenvalue weighted by molar-refractivity contribution is 0.294. The van der Waals surface area contributed by atoms with Gasteiger partial charge < -0.3 is 10.2 Å². The Morgan fingerprint density at radius 3 is 2.53 bits per heavy atom. The van der Waals surface area contributed by atoms with E-state index < -0.39 is 0 Å². The molecular weight excluding hydrogens is 204 g/mol. The minimum atomic E-state index is 0.643. The smallest absolute Gasteiger partial charge is 0.00727 e. The fourth-order valence-corrected chi connectivity index (χ4v) is 2.83. The molecule has 0 aromatic carbocycles. The fraction of sp³-hybridized carbons (Fsp3) is 1.00. The Bertz CT molecular complexity index is 145. The molecule has 15 heavy (non-hydrogen) atoms. The number of nitrogens with zero attached hydrogens (tertiary/aromatic N) is 1. The highest BCUT2D eigenvalue weighted by atomic mass is 32.2. The van der Waals surface area contributed by atoms with Crippen molar-refractivity contribution in [3.63, 3.8) is 0 Å². The minimum absolute atomic E-state index is 0.643. The highest BCUT2D eigenvalue weighted by Gasteiger charge is 2.08. The van der Waals surface area contributed by atoms with Gasteiger partial charge >= 0.3 is 0 Å². The van der Waals surface area contributed by atoms with Gasteiger partial charge in [0.1, 0.15) is 0 Å². The molecule has 0 spiro atoms. The van der Waals surface area contributed by atoms with Crippen LogP contribution in [0, 0.1) is 0 Å². The van der Waals surface area contributed by atoms with Gasteiger partial charge in [-0.25, -0.2) is 0 Å². The first kappa shape index (κ1) is 13.3. The summed E-state index contributed by atoms with van der Waals surface area (Å²) in [6, 6.07) is 0.643. The van der Waals surface area contributed by atoms with Crippen LogP contribution in [0.5, 0.6) is 0 Å². The first-order valence-corrected chi connectivity index (χ1v) is 7.48. The monoisotopic (exact) mass is 230 g/mol. The van der Waals surface area contributed by atoms with Crippen molar-refractivity contribution in [2.24, 2.45) is 0 Å². The summed E-state index contributed by atoms with van der Waals surface area (Å²) in [5.41, 5.74) is 0. The molecular formula is C12H26N2S. The van der Waals surface area contributed by atoms with E-state index in [4.69, 9.17) is 0 Å². The Labute approximate surface area is 99.2 Å². The van der Waals surface area contributed by atoms with Crippen molar-refractivity contribution in [3.8, 4) is 0 Å². The lowest BCUT2D eigenvalue weighted by Gasteiger charge is -2.25. The quantitative estimate of drug-likeness (QED) is 0.675. The molecule has 90 valence electrons. The normalized spacial score (nSPS) is 18.6. The molecule has 0 atom stereocenters. The Morgan fingerprint density at radius 2 is 1.87 bits per heavy atom. The van der Waals surface area contributed by atoms with Crippen LogP contribution in [0.4, 0.5) is 0 Å². The molecule has 1 aliphatic rings. The molecule has 1 rings (SSSR count). The first-order valence-electron chi connectivity index (χ1n) is 6.32. The predicted octanol–water partition coefficient (Wildman–Crippen LogP) is 2.20. The average molecular weight is 230 g/mol. The second kappa shape index (κ2) is 8.43. The number of hydrogen-bond donors (Lipinski definition) is 1. The molecule has 0 amide bonds. The van der Waals surface area contributed by atoms with Crippen LogP contribution in [0.1, 0.15) is 33.1 Å². The molecule has 1 N–H and O–H groups in total. The van der Waals surface area contributed by atoms with Gasteiger partial charge in [0, 0.05) is 30.6 Å². The molecule has 1 fully saturated rings. The molecule has 0 unspecified atom stereocenters. The van der Waals surface area contributed by atoms with Crippen molar-refractivity contribution in [2.75, 3.05) is 37.7 Å². The lowest BCUT2D eigenvalue weighted by atomic mass is 10.2. The summed E-state index contributed by atoms with van der Waals surface area (Å²) < 4.78 is 0. The summed E-state index contributed by atoms with van der Waals surface area (Å²) in [4.78, 5) is 2.62. The maximum Gasteiger partial charge on any atom is 0.00727 e. The summed E-state index contributed by atoms with van der Waals surface area (Å²) in [6.45, 7) is 9.57. The third-order valence-electron chi connectivity index (χ3n) is 2.81. The third kappa shape index (κ3) is 7.20. The van der Waals surface area contributed by atoms with E-state index >= 15 is 0 Å². The zero-order valence-corrected chi connectivity index (χ0v) is 11.1. The molecule has 1 heterocycles. The van der Waals surface area contributed by atoms with Gasteiger partial charge in [0.05, 0.1) is 0 Å². The van der Waals surface area contributed by atoms with E-state index in [-0.39, 0.29) is 0 Å². The fourth-order valence-electron chi connectivity index (χ4n) is 1.85. The van der Waals surface area contributed by atoms with Crippen molar-refractivity contribution in [3.05, 3.63) is 0 Å². The minimum Gasteiger partial charge on any atom is -0.315 e. The number of nitrogens with one attached hydrogen (secondary N) is 1. The van der Waals surface area contributed by atoms with Crippen LogP contribution in [-0.4, -0.2) is 48.6 Å². The van der Waals surface area contributed by atoms with Gasteiger partial charge in [0.15, 0.2) is 0 Å². The number of rotatable bonds is 7. The second-order valence-corrected chi connectivity index (χ2v) is 5.85. The Kier molecular flexibility index (Phi) is 7.49. The first-order chi connectivity index (χ1) is 7.29. The number of thioether (sulfide) groups is 1. The van der Waals surface area contributed by atoms with E-state index in [0.29, 0.717) is 6.04 Å². The van der Waals surface area contributed by atoms with Crippen LogP contribution in [0.15, 0.2) is 0 Å². The Morgan fingerprint density at radius 1 is 1.13 bits per heavy atom. The van der Waals surface area contributed by atoms with E-state index in [2.05, 4.69) is 35.8 Å². The molecule has 0 saturated carbocycles. The Hall–Kier alpha value is 0.270. The predicted molar refractivity (Wildman–Crippen MR) is 70.8 cm³/mol.